The maximum absolute atomic E-state index is 14.0. The molecule has 21 nitrogen and oxygen atoms in total. The summed E-state index contributed by atoms with van der Waals surface area (Å²) in [4.78, 5) is 133. The Morgan fingerprint density at radius 3 is 1.80 bits per heavy atom. The van der Waals surface area contributed by atoms with Crippen molar-refractivity contribution in [2.24, 2.45) is 0 Å². The quantitative estimate of drug-likeness (QED) is 0.162. The first-order valence-electron chi connectivity index (χ1n) is 21.7. The summed E-state index contributed by atoms with van der Waals surface area (Å²) in [7, 11) is 0. The van der Waals surface area contributed by atoms with E-state index in [1.165, 1.54) is 20.8 Å². The molecule has 2 aliphatic heterocycles. The Bertz CT molecular complexity index is 2100. The number of hydrogen-bond donors (Lipinski definition) is 10. The number of carboxylic acid groups (broad SMARTS) is 1. The predicted octanol–water partition coefficient (Wildman–Crippen LogP) is -0.673. The van der Waals surface area contributed by atoms with E-state index in [9.17, 15) is 53.1 Å². The zero-order valence-corrected chi connectivity index (χ0v) is 36.5. The Hall–Kier alpha value is -7.06. The molecule has 5 rings (SSSR count). The van der Waals surface area contributed by atoms with Crippen LogP contribution in [-0.4, -0.2) is 126 Å². The average Bonchev–Trinajstić information content (AvgIpc) is 3.59. The number of alkyl carbamates (subject to hydrolysis) is 1. The Labute approximate surface area is 375 Å². The highest BCUT2D eigenvalue weighted by Crippen LogP contribution is 2.44. The van der Waals surface area contributed by atoms with E-state index < -0.39 is 114 Å². The highest BCUT2D eigenvalue weighted by Gasteiger charge is 2.35. The van der Waals surface area contributed by atoms with Crippen LogP contribution in [-0.2, 0) is 47.9 Å². The summed E-state index contributed by atoms with van der Waals surface area (Å²) in [6.07, 6.45) is -1.16. The van der Waals surface area contributed by atoms with Gasteiger partial charge in [0.25, 0.3) is 0 Å². The number of aliphatic carboxylic acids is 1. The zero-order chi connectivity index (χ0) is 47.2. The van der Waals surface area contributed by atoms with E-state index in [2.05, 4.69) is 47.9 Å². The third-order valence-corrected chi connectivity index (χ3v) is 11.3. The number of carboxylic acids is 1. The van der Waals surface area contributed by atoms with Crippen LogP contribution in [0.2, 0.25) is 0 Å². The van der Waals surface area contributed by atoms with Gasteiger partial charge in [-0.2, -0.15) is 0 Å². The van der Waals surface area contributed by atoms with E-state index in [1.54, 1.807) is 0 Å². The first-order chi connectivity index (χ1) is 31.0. The molecule has 1 aliphatic carbocycles. The number of carbonyl (C=O) groups is 10. The van der Waals surface area contributed by atoms with Crippen molar-refractivity contribution in [2.45, 2.75) is 120 Å². The lowest BCUT2D eigenvalue weighted by molar-refractivity contribution is -0.142. The van der Waals surface area contributed by atoms with Crippen LogP contribution in [0, 0.1) is 0 Å². The highest BCUT2D eigenvalue weighted by atomic mass is 16.5. The molecular weight excluding hydrogens is 847 g/mol. The van der Waals surface area contributed by atoms with Crippen molar-refractivity contribution < 1.29 is 57.8 Å². The molecule has 0 spiro atoms. The van der Waals surface area contributed by atoms with Gasteiger partial charge in [0, 0.05) is 19.0 Å². The van der Waals surface area contributed by atoms with Gasteiger partial charge in [0.2, 0.25) is 47.3 Å². The lowest BCUT2D eigenvalue weighted by Crippen LogP contribution is -2.60. The Morgan fingerprint density at radius 1 is 0.662 bits per heavy atom. The summed E-state index contributed by atoms with van der Waals surface area (Å²) < 4.78 is 5.73. The molecule has 0 unspecified atom stereocenters. The molecule has 2 aromatic rings. The van der Waals surface area contributed by atoms with E-state index >= 15 is 0 Å². The first-order valence-corrected chi connectivity index (χ1v) is 21.7. The van der Waals surface area contributed by atoms with Crippen LogP contribution in [0.1, 0.15) is 89.2 Å². The monoisotopic (exact) mass is 903 g/mol. The van der Waals surface area contributed by atoms with Gasteiger partial charge in [-0.3, -0.25) is 43.2 Å². The Morgan fingerprint density at radius 2 is 1.18 bits per heavy atom. The minimum absolute atomic E-state index is 0.000158. The second-order valence-electron chi connectivity index (χ2n) is 16.3. The van der Waals surface area contributed by atoms with E-state index in [0.29, 0.717) is 0 Å². The smallest absolute Gasteiger partial charge is 0.407 e. The van der Waals surface area contributed by atoms with Gasteiger partial charge in [-0.25, -0.2) is 4.79 Å². The minimum Gasteiger partial charge on any atom is -0.480 e. The van der Waals surface area contributed by atoms with Crippen molar-refractivity contribution in [3.8, 4) is 11.1 Å². The fraction of sp³-hybridized carbons (Fsp3) is 0.500. The third-order valence-electron chi connectivity index (χ3n) is 11.3. The predicted molar refractivity (Wildman–Crippen MR) is 231 cm³/mol. The maximum Gasteiger partial charge on any atom is 0.407 e. The zero-order valence-electron chi connectivity index (χ0n) is 36.5. The van der Waals surface area contributed by atoms with Gasteiger partial charge in [0.15, 0.2) is 0 Å². The molecule has 0 saturated carbocycles. The highest BCUT2D eigenvalue weighted by molar-refractivity contribution is 5.99. The normalized spacial score (nSPS) is 24.9. The SMILES string of the molecule is C[C@H](NC(=O)[C@@H]1CC(=O)NCCCC[C@@H]2NC(=O)[C@@H](NC(=O)OCC3c4ccccc4-c4ccccc43)CCCCNC(=O)C[C@H](NC(=O)[C@H](C)NC(=O)[C@H](C)NC2=O)C(=O)N1)C(=O)O. The number of nitrogens with one attached hydrogen (secondary N) is 9. The molecule has 21 heteroatoms. The van der Waals surface area contributed by atoms with E-state index in [-0.39, 0.29) is 64.1 Å². The number of amides is 9. The third kappa shape index (κ3) is 13.7. The Kier molecular flexibility index (Phi) is 17.4. The van der Waals surface area contributed by atoms with Gasteiger partial charge < -0.3 is 57.7 Å². The lowest BCUT2D eigenvalue weighted by Gasteiger charge is -2.26. The van der Waals surface area contributed by atoms with Gasteiger partial charge in [0.1, 0.15) is 48.9 Å². The summed E-state index contributed by atoms with van der Waals surface area (Å²) in [6, 6.07) is 5.83. The van der Waals surface area contributed by atoms with Crippen LogP contribution in [0.15, 0.2) is 48.5 Å². The minimum atomic E-state index is -1.67. The topological polar surface area (TPSA) is 308 Å². The fourth-order valence-corrected chi connectivity index (χ4v) is 7.66. The molecule has 0 aromatic heterocycles. The molecule has 2 aromatic carbocycles. The van der Waals surface area contributed by atoms with Crippen LogP contribution in [0.25, 0.3) is 11.1 Å². The average molecular weight is 904 g/mol. The van der Waals surface area contributed by atoms with E-state index in [4.69, 9.17) is 4.74 Å². The summed E-state index contributed by atoms with van der Waals surface area (Å²) in [5.74, 6) is -8.41. The second kappa shape index (κ2) is 23.0. The van der Waals surface area contributed by atoms with E-state index in [1.807, 2.05) is 48.5 Å². The number of hydrogen-bond acceptors (Lipinski definition) is 11. The summed E-state index contributed by atoms with van der Waals surface area (Å²) >= 11 is 0. The van der Waals surface area contributed by atoms with Crippen LogP contribution in [0.4, 0.5) is 4.79 Å². The number of rotatable bonds is 6. The van der Waals surface area contributed by atoms with Gasteiger partial charge in [-0.1, -0.05) is 48.5 Å². The summed E-state index contributed by atoms with van der Waals surface area (Å²) in [6.45, 7) is 3.81. The van der Waals surface area contributed by atoms with Gasteiger partial charge in [-0.05, 0) is 81.5 Å². The number of benzene rings is 2. The Balaban J connectivity index is 1.39. The molecular formula is C44H57N9O12. The molecule has 10 N–H and O–H groups in total. The second-order valence-corrected chi connectivity index (χ2v) is 16.3. The van der Waals surface area contributed by atoms with Crippen LogP contribution >= 0.6 is 0 Å². The molecule has 9 amide bonds. The molecule has 7 atom stereocenters. The van der Waals surface area contributed by atoms with Crippen molar-refractivity contribution in [2.75, 3.05) is 19.7 Å². The maximum atomic E-state index is 14.0. The molecule has 0 radical (unpaired) electrons. The molecule has 65 heavy (non-hydrogen) atoms. The number of ether oxygens (including phenoxy) is 1. The van der Waals surface area contributed by atoms with Gasteiger partial charge in [-0.15, -0.1) is 0 Å². The van der Waals surface area contributed by atoms with Crippen molar-refractivity contribution in [1.29, 1.82) is 0 Å². The van der Waals surface area contributed by atoms with Crippen molar-refractivity contribution in [3.05, 3.63) is 59.7 Å². The molecule has 2 fully saturated rings. The molecule has 2 saturated heterocycles. The van der Waals surface area contributed by atoms with Crippen LogP contribution in [0.5, 0.6) is 0 Å². The summed E-state index contributed by atoms with van der Waals surface area (Å²) in [5.41, 5.74) is 4.03. The summed E-state index contributed by atoms with van der Waals surface area (Å²) in [5, 5.41) is 31.9. The van der Waals surface area contributed by atoms with Gasteiger partial charge in [0.05, 0.1) is 12.8 Å². The van der Waals surface area contributed by atoms with Crippen molar-refractivity contribution in [1.82, 2.24) is 47.9 Å². The lowest BCUT2D eigenvalue weighted by atomic mass is 9.98. The first kappa shape index (κ1) is 49.0. The van der Waals surface area contributed by atoms with Crippen molar-refractivity contribution in [3.63, 3.8) is 0 Å². The van der Waals surface area contributed by atoms with Crippen LogP contribution in [0.3, 0.4) is 0 Å². The number of carbonyl (C=O) groups excluding carboxylic acids is 9. The van der Waals surface area contributed by atoms with Crippen LogP contribution < -0.4 is 47.9 Å². The largest absolute Gasteiger partial charge is 0.480 e. The number of fused-ring (bicyclic) bond motifs is 12. The van der Waals surface area contributed by atoms with E-state index in [0.717, 1.165) is 22.3 Å². The standard InChI is InChI=1S/C44H57N9O12/c1-23-37(56)47-24(2)38(57)51-34-21-36(55)46-19-11-9-17-32(53-44(64)65-22-30-28-14-6-4-12-26(28)27-13-5-7-15-29(27)30)40(59)50-31(39(58)48-23)16-8-10-18-45-35(54)20-33(52-42(34)61)41(60)49-25(3)43(62)63/h4-7,12-15,23-25,30-34H,8-11,16-22H2,1-3H3,(H,45,54)(H,46,55)(H,47,56)(H,48,58)(H,49,60)(H,50,59)(H,51,57)(H,52,61)(H,53,64)(H,62,63)/t23-,24-,25-,31-,32-,33-,34-/m0/s1. The van der Waals surface area contributed by atoms with Crippen molar-refractivity contribution >= 4 is 59.3 Å². The van der Waals surface area contributed by atoms with Gasteiger partial charge >= 0.3 is 12.1 Å². The molecule has 2 heterocycles. The molecule has 350 valence electrons. The molecule has 3 aliphatic rings. The molecule has 2 bridgehead atoms. The fourth-order valence-electron chi connectivity index (χ4n) is 7.66.